The highest BCUT2D eigenvalue weighted by Crippen LogP contribution is 2.31. The number of esters is 1. The summed E-state index contributed by atoms with van der Waals surface area (Å²) in [5.74, 6) is 0.158. The normalized spacial score (nSPS) is 14.0. The van der Waals surface area contributed by atoms with Gasteiger partial charge in [-0.25, -0.2) is 4.79 Å². The lowest BCUT2D eigenvalue weighted by Crippen LogP contribution is -2.34. The van der Waals surface area contributed by atoms with E-state index in [9.17, 15) is 4.79 Å². The van der Waals surface area contributed by atoms with Crippen LogP contribution in [0.5, 0.6) is 11.5 Å². The molecule has 0 atom stereocenters. The average molecular weight is 424 g/mol. The molecule has 0 amide bonds. The van der Waals surface area contributed by atoms with Crippen molar-refractivity contribution in [3.63, 3.8) is 0 Å². The van der Waals surface area contributed by atoms with Crippen LogP contribution in [0.15, 0.2) is 36.4 Å². The van der Waals surface area contributed by atoms with Gasteiger partial charge in [0.2, 0.25) is 0 Å². The molecule has 0 spiro atoms. The molecule has 1 aliphatic heterocycles. The number of hydrogen-bond donors (Lipinski definition) is 0. The summed E-state index contributed by atoms with van der Waals surface area (Å²) in [6.07, 6.45) is 3.54. The number of carbonyl (C=O) groups is 1. The monoisotopic (exact) mass is 423 g/mol. The first-order valence-electron chi connectivity index (χ1n) is 8.64. The lowest BCUT2D eigenvalue weighted by atomic mass is 10.1. The van der Waals surface area contributed by atoms with Gasteiger partial charge in [-0.15, -0.1) is 0 Å². The van der Waals surface area contributed by atoms with E-state index >= 15 is 0 Å². The van der Waals surface area contributed by atoms with E-state index in [2.05, 4.69) is 4.90 Å². The van der Waals surface area contributed by atoms with Crippen LogP contribution in [0.1, 0.15) is 35.2 Å². The van der Waals surface area contributed by atoms with Crippen molar-refractivity contribution in [2.75, 3.05) is 20.2 Å². The van der Waals surface area contributed by atoms with Crippen LogP contribution >= 0.6 is 35.4 Å². The molecular weight excluding hydrogens is 405 g/mol. The van der Waals surface area contributed by atoms with Gasteiger partial charge in [-0.3, -0.25) is 0 Å². The van der Waals surface area contributed by atoms with Crippen LogP contribution < -0.4 is 9.47 Å². The minimum atomic E-state index is -0.582. The Hall–Kier alpha value is -1.82. The summed E-state index contributed by atoms with van der Waals surface area (Å²) >= 11 is 17.6. The zero-order chi connectivity index (χ0) is 19.4. The van der Waals surface area contributed by atoms with E-state index in [-0.39, 0.29) is 10.6 Å². The van der Waals surface area contributed by atoms with E-state index in [4.69, 9.17) is 44.9 Å². The molecule has 1 saturated heterocycles. The van der Waals surface area contributed by atoms with Crippen molar-refractivity contribution in [2.24, 2.45) is 0 Å². The number of likely N-dealkylation sites (tertiary alicyclic amines) is 1. The number of thiocarbonyl (C=S) groups is 1. The predicted molar refractivity (Wildman–Crippen MR) is 112 cm³/mol. The van der Waals surface area contributed by atoms with Crippen molar-refractivity contribution in [2.45, 2.75) is 19.3 Å². The molecule has 0 saturated carbocycles. The van der Waals surface area contributed by atoms with Gasteiger partial charge in [0, 0.05) is 23.7 Å². The third kappa shape index (κ3) is 4.72. The number of nitrogens with zero attached hydrogens (tertiary/aromatic N) is 1. The van der Waals surface area contributed by atoms with Gasteiger partial charge in [0.25, 0.3) is 0 Å². The molecule has 0 aliphatic carbocycles. The number of methoxy groups -OCH3 is 1. The molecule has 2 aromatic carbocycles. The Morgan fingerprint density at radius 1 is 1.04 bits per heavy atom. The molecule has 0 bridgehead atoms. The molecule has 142 valence electrons. The van der Waals surface area contributed by atoms with E-state index in [0.29, 0.717) is 16.5 Å². The van der Waals surface area contributed by atoms with Gasteiger partial charge in [0.05, 0.1) is 17.7 Å². The Labute approximate surface area is 174 Å². The van der Waals surface area contributed by atoms with E-state index in [1.807, 2.05) is 6.07 Å². The van der Waals surface area contributed by atoms with Crippen LogP contribution in [0.3, 0.4) is 0 Å². The summed E-state index contributed by atoms with van der Waals surface area (Å²) in [5.41, 5.74) is 1.10. The molecular formula is C20H19Cl2NO3S. The quantitative estimate of drug-likeness (QED) is 0.374. The highest BCUT2D eigenvalue weighted by molar-refractivity contribution is 7.80. The van der Waals surface area contributed by atoms with Crippen molar-refractivity contribution in [3.05, 3.63) is 57.6 Å². The highest BCUT2D eigenvalue weighted by Gasteiger charge is 2.19. The van der Waals surface area contributed by atoms with E-state index in [0.717, 1.165) is 36.5 Å². The fraction of sp³-hybridized carbons (Fsp3) is 0.300. The number of rotatable bonds is 4. The van der Waals surface area contributed by atoms with Crippen LogP contribution in [0, 0.1) is 0 Å². The van der Waals surface area contributed by atoms with Crippen LogP contribution in [0.25, 0.3) is 0 Å². The maximum Gasteiger partial charge on any atom is 0.345 e. The fourth-order valence-corrected chi connectivity index (χ4v) is 3.77. The van der Waals surface area contributed by atoms with Gasteiger partial charge in [0.15, 0.2) is 11.5 Å². The fourth-order valence-electron chi connectivity index (χ4n) is 2.97. The second kappa shape index (κ2) is 8.91. The summed E-state index contributed by atoms with van der Waals surface area (Å²) in [5, 5.41) is 0.680. The molecule has 7 heteroatoms. The third-order valence-electron chi connectivity index (χ3n) is 4.41. The second-order valence-corrected chi connectivity index (χ2v) is 7.46. The maximum absolute atomic E-state index is 12.4. The molecule has 4 nitrogen and oxygen atoms in total. The smallest absolute Gasteiger partial charge is 0.345 e. The summed E-state index contributed by atoms with van der Waals surface area (Å²) in [6, 6.07) is 9.93. The molecule has 0 radical (unpaired) electrons. The van der Waals surface area contributed by atoms with Crippen molar-refractivity contribution in [1.29, 1.82) is 0 Å². The Kier molecular flexibility index (Phi) is 6.58. The summed E-state index contributed by atoms with van der Waals surface area (Å²) in [6.45, 7) is 1.93. The number of piperidine rings is 1. The van der Waals surface area contributed by atoms with Crippen LogP contribution in [0.2, 0.25) is 10.0 Å². The predicted octanol–water partition coefficient (Wildman–Crippen LogP) is 5.38. The van der Waals surface area contributed by atoms with E-state index in [1.54, 1.807) is 18.2 Å². The lowest BCUT2D eigenvalue weighted by molar-refractivity contribution is 0.0730. The van der Waals surface area contributed by atoms with E-state index < -0.39 is 5.97 Å². The number of benzene rings is 2. The molecule has 1 aliphatic rings. The first-order chi connectivity index (χ1) is 13.0. The molecule has 1 fully saturated rings. The Morgan fingerprint density at radius 2 is 1.78 bits per heavy atom. The minimum Gasteiger partial charge on any atom is -0.493 e. The molecule has 27 heavy (non-hydrogen) atoms. The third-order valence-corrected chi connectivity index (χ3v) is 5.45. The standard InChI is InChI=1S/C20H19Cl2NO3S/c1-25-18-11-13(19(27)23-9-3-2-4-10-23)5-8-17(18)26-20(24)15-7-6-14(21)12-16(15)22/h5-8,11-12H,2-4,9-10H2,1H3. The lowest BCUT2D eigenvalue weighted by Gasteiger charge is -2.29. The summed E-state index contributed by atoms with van der Waals surface area (Å²) < 4.78 is 10.9. The molecule has 2 aromatic rings. The van der Waals surface area contributed by atoms with Gasteiger partial charge >= 0.3 is 5.97 Å². The first-order valence-corrected chi connectivity index (χ1v) is 9.80. The average Bonchev–Trinajstić information content (AvgIpc) is 2.68. The van der Waals surface area contributed by atoms with Crippen molar-refractivity contribution in [3.8, 4) is 11.5 Å². The Balaban J connectivity index is 1.79. The van der Waals surface area contributed by atoms with Gasteiger partial charge in [0.1, 0.15) is 4.99 Å². The largest absolute Gasteiger partial charge is 0.493 e. The van der Waals surface area contributed by atoms with Crippen LogP contribution in [-0.2, 0) is 0 Å². The number of hydrogen-bond acceptors (Lipinski definition) is 4. The Bertz CT molecular complexity index is 866. The van der Waals surface area contributed by atoms with Gasteiger partial charge < -0.3 is 14.4 Å². The molecule has 0 unspecified atom stereocenters. The first kappa shape index (κ1) is 19.9. The highest BCUT2D eigenvalue weighted by atomic mass is 35.5. The van der Waals surface area contributed by atoms with Crippen LogP contribution in [0.4, 0.5) is 0 Å². The van der Waals surface area contributed by atoms with Crippen molar-refractivity contribution < 1.29 is 14.3 Å². The van der Waals surface area contributed by atoms with Gasteiger partial charge in [-0.1, -0.05) is 35.4 Å². The number of ether oxygens (including phenoxy) is 2. The summed E-state index contributed by atoms with van der Waals surface area (Å²) in [7, 11) is 1.52. The number of halogens is 2. The maximum atomic E-state index is 12.4. The van der Waals surface area contributed by atoms with Crippen LogP contribution in [-0.4, -0.2) is 36.1 Å². The Morgan fingerprint density at radius 3 is 2.44 bits per heavy atom. The molecule has 0 aromatic heterocycles. The van der Waals surface area contributed by atoms with E-state index in [1.165, 1.54) is 25.7 Å². The number of carbonyl (C=O) groups excluding carboxylic acids is 1. The molecule has 0 N–H and O–H groups in total. The SMILES string of the molecule is COc1cc(C(=S)N2CCCCC2)ccc1OC(=O)c1ccc(Cl)cc1Cl. The minimum absolute atomic E-state index is 0.231. The zero-order valence-electron chi connectivity index (χ0n) is 14.8. The topological polar surface area (TPSA) is 38.8 Å². The van der Waals surface area contributed by atoms with Crippen molar-refractivity contribution >= 4 is 46.4 Å². The summed E-state index contributed by atoms with van der Waals surface area (Å²) in [4.78, 5) is 15.4. The van der Waals surface area contributed by atoms with Crippen molar-refractivity contribution in [1.82, 2.24) is 4.90 Å². The molecule has 1 heterocycles. The van der Waals surface area contributed by atoms with Gasteiger partial charge in [-0.2, -0.15) is 0 Å². The zero-order valence-corrected chi connectivity index (χ0v) is 17.2. The van der Waals surface area contributed by atoms with Gasteiger partial charge in [-0.05, 0) is 55.7 Å². The second-order valence-electron chi connectivity index (χ2n) is 6.23. The molecule has 3 rings (SSSR count).